The number of amides is 2. The second kappa shape index (κ2) is 6.31. The average molecular weight is 306 g/mol. The molecule has 0 aliphatic heterocycles. The normalized spacial score (nSPS) is 10.2. The number of hydrogen-bond donors (Lipinski definition) is 2. The van der Waals surface area contributed by atoms with Gasteiger partial charge in [0, 0.05) is 17.2 Å². The van der Waals surface area contributed by atoms with Crippen LogP contribution in [0.5, 0.6) is 0 Å². The van der Waals surface area contributed by atoms with Gasteiger partial charge in [0.1, 0.15) is 12.4 Å². The van der Waals surface area contributed by atoms with Crippen LogP contribution in [0.25, 0.3) is 0 Å². The van der Waals surface area contributed by atoms with Gasteiger partial charge >= 0.3 is 12.0 Å². The molecule has 1 aromatic carbocycles. The number of nitrogens with zero attached hydrogens (tertiary/aromatic N) is 3. The number of carboxylic acids is 1. The van der Waals surface area contributed by atoms with E-state index in [-0.39, 0.29) is 0 Å². The number of rotatable bonds is 4. The predicted octanol–water partition coefficient (Wildman–Crippen LogP) is 2.28. The number of urea groups is 1. The Morgan fingerprint density at radius 3 is 2.48 bits per heavy atom. The smallest absolute Gasteiger partial charge is 0.328 e. The molecule has 2 aromatic rings. The van der Waals surface area contributed by atoms with Crippen molar-refractivity contribution >= 4 is 34.4 Å². The number of benzene rings is 1. The Hall–Kier alpha value is -2.48. The second-order valence-corrected chi connectivity index (χ2v) is 5.14. The summed E-state index contributed by atoms with van der Waals surface area (Å²) in [5, 5.41) is 11.9. The van der Waals surface area contributed by atoms with Crippen LogP contribution < -0.4 is 10.2 Å². The summed E-state index contributed by atoms with van der Waals surface area (Å²) in [5.41, 5.74) is 1.52. The zero-order chi connectivity index (χ0) is 15.4. The summed E-state index contributed by atoms with van der Waals surface area (Å²) in [7, 11) is 0. The van der Waals surface area contributed by atoms with Crippen molar-refractivity contribution < 1.29 is 14.7 Å². The average Bonchev–Trinajstić information content (AvgIpc) is 2.82. The minimum Gasteiger partial charge on any atom is -0.480 e. The Morgan fingerprint density at radius 2 is 1.95 bits per heavy atom. The van der Waals surface area contributed by atoms with E-state index in [4.69, 9.17) is 5.11 Å². The third-order valence-corrected chi connectivity index (χ3v) is 3.35. The first-order chi connectivity index (χ1) is 9.95. The summed E-state index contributed by atoms with van der Waals surface area (Å²) >= 11 is 1.04. The topological polar surface area (TPSA) is 95.4 Å². The van der Waals surface area contributed by atoms with Gasteiger partial charge < -0.3 is 5.11 Å². The molecule has 8 heteroatoms. The van der Waals surface area contributed by atoms with Gasteiger partial charge in [-0.05, 0) is 26.0 Å². The largest absolute Gasteiger partial charge is 0.480 e. The van der Waals surface area contributed by atoms with E-state index in [2.05, 4.69) is 14.7 Å². The maximum absolute atomic E-state index is 12.2. The van der Waals surface area contributed by atoms with Gasteiger partial charge in [0.25, 0.3) is 0 Å². The summed E-state index contributed by atoms with van der Waals surface area (Å²) in [5.74, 6) is -0.547. The Bertz CT molecular complexity index is 654. The molecule has 2 rings (SSSR count). The van der Waals surface area contributed by atoms with E-state index in [9.17, 15) is 9.59 Å². The van der Waals surface area contributed by atoms with Gasteiger partial charge in [-0.15, -0.1) is 0 Å². The van der Waals surface area contributed by atoms with Crippen LogP contribution in [0.2, 0.25) is 0 Å². The fraction of sp³-hybridized carbons (Fsp3) is 0.231. The van der Waals surface area contributed by atoms with Crippen molar-refractivity contribution in [3.05, 3.63) is 35.7 Å². The summed E-state index contributed by atoms with van der Waals surface area (Å²) < 4.78 is 3.96. The molecule has 2 N–H and O–H groups in total. The van der Waals surface area contributed by atoms with Crippen LogP contribution in [-0.4, -0.2) is 33.0 Å². The molecule has 0 spiro atoms. The van der Waals surface area contributed by atoms with Gasteiger partial charge in [-0.1, -0.05) is 17.7 Å². The molecule has 0 saturated carbocycles. The minimum absolute atomic E-state index is 0.333. The summed E-state index contributed by atoms with van der Waals surface area (Å²) in [6.07, 6.45) is 0. The molecule has 0 atom stereocenters. The minimum atomic E-state index is -1.10. The lowest BCUT2D eigenvalue weighted by molar-refractivity contribution is -0.135. The number of carbonyl (C=O) groups is 2. The highest BCUT2D eigenvalue weighted by atomic mass is 32.1. The molecule has 1 aromatic heterocycles. The van der Waals surface area contributed by atoms with Crippen molar-refractivity contribution in [2.24, 2.45) is 0 Å². The predicted molar refractivity (Wildman–Crippen MR) is 79.8 cm³/mol. The summed E-state index contributed by atoms with van der Waals surface area (Å²) in [4.78, 5) is 28.4. The number of carboxylic acid groups (broad SMARTS) is 1. The molecule has 0 aliphatic rings. The third-order valence-electron chi connectivity index (χ3n) is 2.63. The molecule has 1 heterocycles. The number of aliphatic carboxylic acids is 1. The van der Waals surface area contributed by atoms with Crippen LogP contribution in [0.4, 0.5) is 15.6 Å². The first-order valence-corrected chi connectivity index (χ1v) is 6.90. The molecule has 0 aliphatic carbocycles. The molecule has 2 amide bonds. The number of aryl methyl sites for hydroxylation is 2. The van der Waals surface area contributed by atoms with E-state index >= 15 is 0 Å². The van der Waals surface area contributed by atoms with E-state index in [1.54, 1.807) is 19.1 Å². The van der Waals surface area contributed by atoms with E-state index in [0.717, 1.165) is 22.0 Å². The second-order valence-electron chi connectivity index (χ2n) is 4.39. The molecule has 7 nitrogen and oxygen atoms in total. The van der Waals surface area contributed by atoms with Gasteiger partial charge in [0.05, 0.1) is 0 Å². The molecule has 0 radical (unpaired) electrons. The first-order valence-electron chi connectivity index (χ1n) is 6.13. The SMILES string of the molecule is Cc1ccc(N(CC(=O)O)C(=O)Nc2nc(C)ns2)cc1. The lowest BCUT2D eigenvalue weighted by Gasteiger charge is -2.20. The van der Waals surface area contributed by atoms with Crippen molar-refractivity contribution in [1.82, 2.24) is 9.36 Å². The van der Waals surface area contributed by atoms with Crippen LogP contribution in [0.1, 0.15) is 11.4 Å². The summed E-state index contributed by atoms with van der Waals surface area (Å²) in [6.45, 7) is 3.18. The van der Waals surface area contributed by atoms with Crippen molar-refractivity contribution in [1.29, 1.82) is 0 Å². The van der Waals surface area contributed by atoms with Gasteiger partial charge in [0.2, 0.25) is 5.13 Å². The third kappa shape index (κ3) is 3.99. The lowest BCUT2D eigenvalue weighted by Crippen LogP contribution is -2.38. The number of hydrogen-bond acceptors (Lipinski definition) is 5. The molecule has 21 heavy (non-hydrogen) atoms. The molecule has 0 unspecified atom stereocenters. The number of carbonyl (C=O) groups excluding carboxylic acids is 1. The highest BCUT2D eigenvalue weighted by molar-refractivity contribution is 7.09. The van der Waals surface area contributed by atoms with E-state index in [1.807, 2.05) is 19.1 Å². The lowest BCUT2D eigenvalue weighted by atomic mass is 10.2. The monoisotopic (exact) mass is 306 g/mol. The fourth-order valence-corrected chi connectivity index (χ4v) is 2.21. The standard InChI is InChI=1S/C13H14N4O3S/c1-8-3-5-10(6-4-8)17(7-11(18)19)13(20)15-12-14-9(2)16-21-12/h3-6H,7H2,1-2H3,(H,18,19)(H,14,15,16,20). The highest BCUT2D eigenvalue weighted by Gasteiger charge is 2.20. The fourth-order valence-electron chi connectivity index (χ4n) is 1.65. The Morgan fingerprint density at radius 1 is 1.29 bits per heavy atom. The van der Waals surface area contributed by atoms with Crippen molar-refractivity contribution in [2.45, 2.75) is 13.8 Å². The molecule has 0 fully saturated rings. The van der Waals surface area contributed by atoms with Gasteiger partial charge in [-0.25, -0.2) is 9.78 Å². The molecule has 0 bridgehead atoms. The summed E-state index contributed by atoms with van der Waals surface area (Å²) in [6, 6.07) is 6.46. The van der Waals surface area contributed by atoms with Crippen LogP contribution >= 0.6 is 11.5 Å². The van der Waals surface area contributed by atoms with Crippen molar-refractivity contribution in [3.8, 4) is 0 Å². The Balaban J connectivity index is 2.20. The van der Waals surface area contributed by atoms with E-state index in [0.29, 0.717) is 16.6 Å². The molecular formula is C13H14N4O3S. The van der Waals surface area contributed by atoms with Crippen LogP contribution in [0.3, 0.4) is 0 Å². The highest BCUT2D eigenvalue weighted by Crippen LogP contribution is 2.17. The Labute approximate surface area is 125 Å². The van der Waals surface area contributed by atoms with Crippen molar-refractivity contribution in [2.75, 3.05) is 16.8 Å². The maximum Gasteiger partial charge on any atom is 0.328 e. The maximum atomic E-state index is 12.2. The molecule has 110 valence electrons. The van der Waals surface area contributed by atoms with E-state index in [1.165, 1.54) is 0 Å². The van der Waals surface area contributed by atoms with Gasteiger partial charge in [-0.2, -0.15) is 4.37 Å². The zero-order valence-corrected chi connectivity index (χ0v) is 12.3. The quantitative estimate of drug-likeness (QED) is 0.903. The van der Waals surface area contributed by atoms with Crippen LogP contribution in [0.15, 0.2) is 24.3 Å². The molecular weight excluding hydrogens is 292 g/mol. The van der Waals surface area contributed by atoms with Gasteiger partial charge in [-0.3, -0.25) is 15.0 Å². The Kier molecular flexibility index (Phi) is 4.49. The zero-order valence-electron chi connectivity index (χ0n) is 11.5. The molecule has 0 saturated heterocycles. The number of anilines is 2. The first kappa shape index (κ1) is 14.9. The van der Waals surface area contributed by atoms with Crippen molar-refractivity contribution in [3.63, 3.8) is 0 Å². The van der Waals surface area contributed by atoms with Crippen LogP contribution in [0, 0.1) is 13.8 Å². The number of nitrogens with one attached hydrogen (secondary N) is 1. The number of aromatic nitrogens is 2. The van der Waals surface area contributed by atoms with Gasteiger partial charge in [0.15, 0.2) is 0 Å². The van der Waals surface area contributed by atoms with Crippen LogP contribution in [-0.2, 0) is 4.79 Å². The van der Waals surface area contributed by atoms with E-state index < -0.39 is 18.5 Å².